The minimum Gasteiger partial charge on any atom is -1.00 e. The average molecular weight is 304 g/mol. The number of halogens is 3. The van der Waals surface area contributed by atoms with E-state index in [1.807, 2.05) is 0 Å². The van der Waals surface area contributed by atoms with Crippen molar-refractivity contribution in [3.05, 3.63) is 0 Å². The third-order valence-corrected chi connectivity index (χ3v) is 0. The third kappa shape index (κ3) is 0.0238. The van der Waals surface area contributed by atoms with Gasteiger partial charge >= 0.3 is 0 Å². The summed E-state index contributed by atoms with van der Waals surface area (Å²) in [6.45, 7) is 0. The van der Waals surface area contributed by atoms with Gasteiger partial charge < -0.3 is 14.1 Å². The van der Waals surface area contributed by atoms with Crippen molar-refractivity contribution in [2.75, 3.05) is 0 Å². The number of rotatable bonds is 0. The van der Waals surface area contributed by atoms with Crippen LogP contribution < -0.4 is 14.1 Å². The van der Waals surface area contributed by atoms with E-state index in [4.69, 9.17) is 0 Å². The molecule has 0 spiro atoms. The van der Waals surface area contributed by atoms with Gasteiger partial charge in [0.25, 0.3) is 0 Å². The molecule has 0 aromatic rings. The van der Waals surface area contributed by atoms with E-state index in [0.29, 0.717) is 0 Å². The normalized spacial score (nSPS) is 0. The van der Waals surface area contributed by atoms with Crippen LogP contribution in [-0.4, -0.2) is 0 Å². The molecular formula is CmF3-3. The molecule has 4 heteroatoms. The van der Waals surface area contributed by atoms with E-state index >= 15 is 0 Å². The molecule has 0 radical (unpaired) electrons. The Morgan fingerprint density at radius 1 is 0.500 bits per heavy atom. The molecule has 0 unspecified atom stereocenters. The molecule has 0 N–H and O–H groups in total. The van der Waals surface area contributed by atoms with Gasteiger partial charge in [-0.2, -0.15) is 0 Å². The summed E-state index contributed by atoms with van der Waals surface area (Å²) in [6, 6.07) is 0. The standard InChI is InChI=1S/Cm.3FH/h;3*1H/p-3. The van der Waals surface area contributed by atoms with Gasteiger partial charge in [0, 0.05) is 0 Å². The second-order valence-electron chi connectivity index (χ2n) is 0. The maximum atomic E-state index is 0. The van der Waals surface area contributed by atoms with Crippen molar-refractivity contribution in [3.8, 4) is 0 Å². The third-order valence-electron chi connectivity index (χ3n) is 0. The Bertz CT molecular complexity index is 3.25. The fourth-order valence-electron chi connectivity index (χ4n) is 0. The van der Waals surface area contributed by atoms with Crippen LogP contribution in [0.2, 0.25) is 0 Å². The van der Waals surface area contributed by atoms with Crippen molar-refractivity contribution < 1.29 is 14.1 Å². The smallest absolute Gasteiger partial charge is 0 e. The van der Waals surface area contributed by atoms with Crippen molar-refractivity contribution in [2.45, 2.75) is 0 Å². The van der Waals surface area contributed by atoms with E-state index in [1.54, 1.807) is 0 Å². The van der Waals surface area contributed by atoms with Crippen LogP contribution >= 0.6 is 0 Å². The van der Waals surface area contributed by atoms with Crippen LogP contribution in [0.5, 0.6) is 0 Å². The summed E-state index contributed by atoms with van der Waals surface area (Å²) in [5, 5.41) is 0. The van der Waals surface area contributed by atoms with Crippen molar-refractivity contribution in [1.82, 2.24) is 0 Å². The Kier molecular flexibility index (Phi) is 1.16. The Labute approximate surface area is 15.6 Å². The van der Waals surface area contributed by atoms with Crippen LogP contribution in [0.4, 0.5) is 0 Å². The van der Waals surface area contributed by atoms with Crippen LogP contribution in [0.15, 0.2) is 0 Å². The van der Waals surface area contributed by atoms with Crippen LogP contribution in [0.1, 0.15) is 0 Å². The van der Waals surface area contributed by atoms with Gasteiger partial charge in [-0.3, -0.25) is 0 Å². The summed E-state index contributed by atoms with van der Waals surface area (Å²) in [6.07, 6.45) is 0. The molecule has 0 rings (SSSR count). The zero-order valence-corrected chi connectivity index (χ0v) is 4.43. The Hall–Kier alpha value is -1.21. The minimum absolute atomic E-state index is 0. The predicted octanol–water partition coefficient (Wildman–Crippen LogP) is -8.99. The number of hydrogen-bond donors (Lipinski definition) is 0. The van der Waals surface area contributed by atoms with E-state index in [1.165, 1.54) is 0 Å². The molecule has 0 bridgehead atoms. The van der Waals surface area contributed by atoms with Crippen molar-refractivity contribution in [2.24, 2.45) is 0 Å². The van der Waals surface area contributed by atoms with Gasteiger partial charge in [0.15, 0.2) is 0 Å². The first-order chi connectivity index (χ1) is 0. The topological polar surface area (TPSA) is 0 Å². The molecule has 0 atom stereocenters. The Morgan fingerprint density at radius 2 is 0.500 bits per heavy atom. The van der Waals surface area contributed by atoms with Gasteiger partial charge in [0.05, 0.1) is 0 Å². The first kappa shape index (κ1) is 6.11. The zero-order valence-electron chi connectivity index (χ0n) is 1.49. The Morgan fingerprint density at radius 3 is 0.500 bits per heavy atom. The quantitative estimate of drug-likeness (QED) is 0.417. The van der Waals surface area contributed by atoms with Gasteiger partial charge in [-0.1, -0.05) is 0 Å². The summed E-state index contributed by atoms with van der Waals surface area (Å²) in [7, 11) is 0. The molecule has 0 saturated heterocycles. The summed E-state index contributed by atoms with van der Waals surface area (Å²) >= 11 is 0. The van der Waals surface area contributed by atoms with E-state index in [2.05, 4.69) is 0 Å². The van der Waals surface area contributed by atoms with Crippen molar-refractivity contribution >= 4 is 0 Å². The Balaban J connectivity index is 0. The fourth-order valence-corrected chi connectivity index (χ4v) is 0. The second kappa shape index (κ2) is 0.763. The molecule has 0 aliphatic carbocycles. The van der Waals surface area contributed by atoms with Crippen LogP contribution in [0, 0.1) is 0 Å². The summed E-state index contributed by atoms with van der Waals surface area (Å²) in [5.41, 5.74) is 0. The summed E-state index contributed by atoms with van der Waals surface area (Å²) < 4.78 is 0. The van der Waals surface area contributed by atoms with Gasteiger partial charge in [0.1, 0.15) is 0 Å². The van der Waals surface area contributed by atoms with E-state index < -0.39 is 0 Å². The summed E-state index contributed by atoms with van der Waals surface area (Å²) in [5.74, 6) is 0. The molecule has 0 aromatic carbocycles. The largest absolute Gasteiger partial charge is 1.00 e. The SMILES string of the molecule is [Cm].[F-].[F-].[F-]. The van der Waals surface area contributed by atoms with E-state index in [9.17, 15) is 0 Å². The summed E-state index contributed by atoms with van der Waals surface area (Å²) in [4.78, 5) is 0. The molecule has 0 saturated carbocycles. The molecule has 0 aliphatic heterocycles. The predicted molar refractivity (Wildman–Crippen MR) is 0 cm³/mol. The molecule has 0 aromatic heterocycles. The molecule has 0 heterocycles. The monoisotopic (exact) mass is 300 g/mol. The minimum atomic E-state index is 0. The maximum Gasteiger partial charge on any atom is 0 e. The zero-order chi connectivity index (χ0) is 0. The molecule has 0 nitrogen and oxygen atoms in total. The first-order valence-electron chi connectivity index (χ1n) is 0. The molecule has 0 fully saturated rings. The molecule has 0 amide bonds. The average Bonchev–Trinajstić information content (AvgIpc) is 0. The molecular weight excluding hydrogens is 304 g/mol. The molecule has 4 heavy (non-hydrogen) atoms. The van der Waals surface area contributed by atoms with Gasteiger partial charge in [-0.25, -0.2) is 0 Å². The first-order valence-corrected chi connectivity index (χ1v) is 0. The van der Waals surface area contributed by atoms with Gasteiger partial charge in [-0.15, -0.1) is 0 Å². The van der Waals surface area contributed by atoms with Crippen LogP contribution in [-0.2, 0) is 0 Å². The van der Waals surface area contributed by atoms with E-state index in [-0.39, 0.29) is 14.1 Å². The van der Waals surface area contributed by atoms with Gasteiger partial charge in [-0.05, 0) is 0 Å². The van der Waals surface area contributed by atoms with Crippen LogP contribution in [0.25, 0.3) is 0 Å². The molecule has 32 valence electrons. The van der Waals surface area contributed by atoms with Crippen molar-refractivity contribution in [3.63, 3.8) is 0 Å². The second-order valence-corrected chi connectivity index (χ2v) is 0. The number of hydrogen-bond acceptors (Lipinski definition) is 0. The molecule has 0 aliphatic rings. The van der Waals surface area contributed by atoms with E-state index in [0.717, 1.165) is 0 Å². The van der Waals surface area contributed by atoms with Crippen LogP contribution in [0.3, 0.4) is 0 Å². The van der Waals surface area contributed by atoms with Gasteiger partial charge in [0.2, 0.25) is 0 Å². The fraction of sp³-hybridized carbons (Fsp3) is 0. The maximum absolute atomic E-state index is 0. The van der Waals surface area contributed by atoms with Crippen molar-refractivity contribution in [1.29, 1.82) is 0 Å².